The number of benzene rings is 1. The Morgan fingerprint density at radius 3 is 2.72 bits per heavy atom. The summed E-state index contributed by atoms with van der Waals surface area (Å²) in [5, 5.41) is 3.39. The fourth-order valence-corrected chi connectivity index (χ4v) is 3.92. The molecule has 0 spiro atoms. The zero-order valence-electron chi connectivity index (χ0n) is 18.0. The van der Waals surface area contributed by atoms with Crippen molar-refractivity contribution < 1.29 is 23.8 Å². The number of ether oxygens (including phenoxy) is 3. The Kier molecular flexibility index (Phi) is 6.51. The number of carbonyl (C=O) groups excluding carboxylic acids is 2. The van der Waals surface area contributed by atoms with E-state index in [2.05, 4.69) is 15.3 Å². The summed E-state index contributed by atoms with van der Waals surface area (Å²) >= 11 is 0. The number of H-pyrrole nitrogens is 1. The Morgan fingerprint density at radius 2 is 1.97 bits per heavy atom. The number of methoxy groups -OCH3 is 2. The van der Waals surface area contributed by atoms with Crippen LogP contribution in [0.5, 0.6) is 5.75 Å². The molecule has 1 aliphatic rings. The Labute approximate surface area is 185 Å². The maximum Gasteiger partial charge on any atom is 0.309 e. The second-order valence-electron chi connectivity index (χ2n) is 7.48. The third-order valence-electron chi connectivity index (χ3n) is 5.42. The van der Waals surface area contributed by atoms with Gasteiger partial charge >= 0.3 is 5.97 Å². The third kappa shape index (κ3) is 4.36. The van der Waals surface area contributed by atoms with E-state index in [0.29, 0.717) is 48.0 Å². The average molecular weight is 435 g/mol. The fourth-order valence-electron chi connectivity index (χ4n) is 3.92. The molecule has 0 saturated heterocycles. The summed E-state index contributed by atoms with van der Waals surface area (Å²) < 4.78 is 15.8. The minimum atomic E-state index is -0.508. The first kappa shape index (κ1) is 21.6. The Morgan fingerprint density at radius 1 is 1.16 bits per heavy atom. The molecule has 2 heterocycles. The summed E-state index contributed by atoms with van der Waals surface area (Å²) in [6.45, 7) is 0.796. The lowest BCUT2D eigenvalue weighted by Gasteiger charge is -2.20. The zero-order chi connectivity index (χ0) is 22.5. The number of Topliss-reactive ketones (excluding diaryl/α,β-unsaturated/α-hetero) is 1. The summed E-state index contributed by atoms with van der Waals surface area (Å²) in [6, 6.07) is 11.4. The standard InChI is InChI=1S/C24H25N3O5/c1-30-10-11-32-20-14-25-9-8-17(20)22-23(26-16-6-4-3-5-7-16)21-18(27-22)12-15(13-19(21)28)24(29)31-2/h3-9,14-15,26-27H,10-13H2,1-2H3. The van der Waals surface area contributed by atoms with E-state index in [1.54, 1.807) is 19.5 Å². The van der Waals surface area contributed by atoms with Crippen molar-refractivity contribution in [3.05, 3.63) is 60.0 Å². The lowest BCUT2D eigenvalue weighted by atomic mass is 9.86. The van der Waals surface area contributed by atoms with Gasteiger partial charge in [-0.2, -0.15) is 0 Å². The summed E-state index contributed by atoms with van der Waals surface area (Å²) in [7, 11) is 2.95. The molecule has 32 heavy (non-hydrogen) atoms. The summed E-state index contributed by atoms with van der Waals surface area (Å²) in [5.74, 6) is -0.439. The average Bonchev–Trinajstić information content (AvgIpc) is 3.18. The van der Waals surface area contributed by atoms with Gasteiger partial charge in [0.1, 0.15) is 12.4 Å². The molecule has 166 valence electrons. The number of para-hydroxylation sites is 1. The van der Waals surface area contributed by atoms with Crippen molar-refractivity contribution in [1.82, 2.24) is 9.97 Å². The smallest absolute Gasteiger partial charge is 0.309 e. The molecule has 8 heteroatoms. The molecule has 1 unspecified atom stereocenters. The Bertz CT molecular complexity index is 1110. The number of esters is 1. The van der Waals surface area contributed by atoms with Gasteiger partial charge in [0.25, 0.3) is 0 Å². The maximum atomic E-state index is 13.1. The molecule has 1 atom stereocenters. The normalized spacial score (nSPS) is 15.2. The molecule has 4 rings (SSSR count). The molecule has 0 radical (unpaired) electrons. The number of hydrogen-bond acceptors (Lipinski definition) is 7. The highest BCUT2D eigenvalue weighted by molar-refractivity contribution is 6.09. The molecule has 8 nitrogen and oxygen atoms in total. The number of fused-ring (bicyclic) bond motifs is 1. The first-order chi connectivity index (χ1) is 15.6. The second kappa shape index (κ2) is 9.65. The minimum absolute atomic E-state index is 0.105. The van der Waals surface area contributed by atoms with Crippen molar-refractivity contribution in [2.45, 2.75) is 12.8 Å². The fraction of sp³-hybridized carbons (Fsp3) is 0.292. The van der Waals surface area contributed by atoms with E-state index in [1.165, 1.54) is 7.11 Å². The molecular formula is C24H25N3O5. The van der Waals surface area contributed by atoms with E-state index in [0.717, 1.165) is 11.3 Å². The predicted octanol–water partition coefficient (Wildman–Crippen LogP) is 3.76. The molecule has 2 N–H and O–H groups in total. The van der Waals surface area contributed by atoms with E-state index in [4.69, 9.17) is 14.2 Å². The number of carbonyl (C=O) groups is 2. The molecular weight excluding hydrogens is 410 g/mol. The second-order valence-corrected chi connectivity index (χ2v) is 7.48. The van der Waals surface area contributed by atoms with Gasteiger partial charge in [0.15, 0.2) is 5.78 Å². The molecule has 0 fully saturated rings. The number of ketones is 1. The van der Waals surface area contributed by atoms with Crippen LogP contribution in [-0.2, 0) is 20.7 Å². The van der Waals surface area contributed by atoms with E-state index >= 15 is 0 Å². The number of pyridine rings is 1. The van der Waals surface area contributed by atoms with E-state index in [1.807, 2.05) is 36.4 Å². The van der Waals surface area contributed by atoms with Crippen molar-refractivity contribution in [3.63, 3.8) is 0 Å². The summed E-state index contributed by atoms with van der Waals surface area (Å²) in [5.41, 5.74) is 4.21. The zero-order valence-corrected chi connectivity index (χ0v) is 18.0. The first-order valence-corrected chi connectivity index (χ1v) is 10.4. The van der Waals surface area contributed by atoms with Gasteiger partial charge < -0.3 is 24.5 Å². The lowest BCUT2D eigenvalue weighted by molar-refractivity contribution is -0.145. The molecule has 1 aliphatic carbocycles. The number of nitrogens with one attached hydrogen (secondary N) is 2. The van der Waals surface area contributed by atoms with Gasteiger partial charge in [0.05, 0.1) is 42.8 Å². The van der Waals surface area contributed by atoms with Crippen LogP contribution in [0.15, 0.2) is 48.8 Å². The Hall–Kier alpha value is -3.65. The maximum absolute atomic E-state index is 13.1. The van der Waals surface area contributed by atoms with Gasteiger partial charge in [-0.05, 0) is 18.2 Å². The van der Waals surface area contributed by atoms with Crippen LogP contribution in [-0.4, -0.2) is 49.2 Å². The third-order valence-corrected chi connectivity index (χ3v) is 5.42. The number of rotatable bonds is 8. The number of nitrogens with zero attached hydrogens (tertiary/aromatic N) is 1. The van der Waals surface area contributed by atoms with Crippen molar-refractivity contribution in [2.75, 3.05) is 32.8 Å². The van der Waals surface area contributed by atoms with E-state index < -0.39 is 5.92 Å². The van der Waals surface area contributed by atoms with Gasteiger partial charge in [0.2, 0.25) is 0 Å². The van der Waals surface area contributed by atoms with Gasteiger partial charge in [-0.15, -0.1) is 0 Å². The number of aromatic nitrogens is 2. The molecule has 0 amide bonds. The molecule has 1 aromatic carbocycles. The van der Waals surface area contributed by atoms with Crippen LogP contribution in [0, 0.1) is 5.92 Å². The van der Waals surface area contributed by atoms with Gasteiger partial charge in [-0.3, -0.25) is 14.6 Å². The molecule has 0 saturated carbocycles. The summed E-state index contributed by atoms with van der Waals surface area (Å²) in [6.07, 6.45) is 3.80. The first-order valence-electron chi connectivity index (χ1n) is 10.4. The quantitative estimate of drug-likeness (QED) is 0.410. The highest BCUT2D eigenvalue weighted by Crippen LogP contribution is 2.42. The highest BCUT2D eigenvalue weighted by Gasteiger charge is 2.35. The lowest BCUT2D eigenvalue weighted by Crippen LogP contribution is -2.27. The van der Waals surface area contributed by atoms with Crippen LogP contribution in [0.3, 0.4) is 0 Å². The van der Waals surface area contributed by atoms with Crippen molar-refractivity contribution in [3.8, 4) is 17.0 Å². The van der Waals surface area contributed by atoms with Crippen LogP contribution in [0.1, 0.15) is 22.5 Å². The van der Waals surface area contributed by atoms with Crippen molar-refractivity contribution >= 4 is 23.1 Å². The van der Waals surface area contributed by atoms with Crippen molar-refractivity contribution in [1.29, 1.82) is 0 Å². The Balaban J connectivity index is 1.81. The predicted molar refractivity (Wildman–Crippen MR) is 119 cm³/mol. The molecule has 0 aliphatic heterocycles. The van der Waals surface area contributed by atoms with Crippen LogP contribution in [0.25, 0.3) is 11.3 Å². The number of anilines is 2. The monoisotopic (exact) mass is 435 g/mol. The van der Waals surface area contributed by atoms with Crippen LogP contribution >= 0.6 is 0 Å². The minimum Gasteiger partial charge on any atom is -0.489 e. The number of hydrogen-bond donors (Lipinski definition) is 2. The van der Waals surface area contributed by atoms with Crippen molar-refractivity contribution in [2.24, 2.45) is 5.92 Å². The van der Waals surface area contributed by atoms with Crippen LogP contribution in [0.2, 0.25) is 0 Å². The van der Waals surface area contributed by atoms with Gasteiger partial charge in [-0.25, -0.2) is 0 Å². The van der Waals surface area contributed by atoms with Crippen LogP contribution in [0.4, 0.5) is 11.4 Å². The van der Waals surface area contributed by atoms with E-state index in [9.17, 15) is 9.59 Å². The van der Waals surface area contributed by atoms with E-state index in [-0.39, 0.29) is 18.2 Å². The molecule has 3 aromatic rings. The summed E-state index contributed by atoms with van der Waals surface area (Å²) in [4.78, 5) is 32.8. The number of aromatic amines is 1. The highest BCUT2D eigenvalue weighted by atomic mass is 16.5. The van der Waals surface area contributed by atoms with Gasteiger partial charge in [0, 0.05) is 43.1 Å². The van der Waals surface area contributed by atoms with Crippen LogP contribution < -0.4 is 10.1 Å². The largest absolute Gasteiger partial charge is 0.489 e. The molecule has 2 aromatic heterocycles. The SMILES string of the molecule is COCCOc1cnccc1-c1[nH]c2c(c1Nc1ccccc1)C(=O)CC(C(=O)OC)C2. The molecule has 0 bridgehead atoms. The van der Waals surface area contributed by atoms with Gasteiger partial charge in [-0.1, -0.05) is 18.2 Å². The topological polar surface area (TPSA) is 103 Å².